The first-order valence-electron chi connectivity index (χ1n) is 8.13. The van der Waals surface area contributed by atoms with Gasteiger partial charge in [-0.1, -0.05) is 35.6 Å². The fraction of sp³-hybridized carbons (Fsp3) is 0.105. The average Bonchev–Trinajstić information content (AvgIpc) is 3.07. The number of rotatable bonds is 5. The SMILES string of the molecule is COc1ccc(OC)c(S(=O)(=O)Nc2cc3sc(=O)oc3c3ccccc23)c1. The van der Waals surface area contributed by atoms with E-state index in [0.29, 0.717) is 32.5 Å². The van der Waals surface area contributed by atoms with Crippen molar-refractivity contribution in [1.29, 1.82) is 0 Å². The van der Waals surface area contributed by atoms with Crippen LogP contribution in [0.15, 0.2) is 62.6 Å². The van der Waals surface area contributed by atoms with E-state index in [4.69, 9.17) is 13.9 Å². The van der Waals surface area contributed by atoms with Crippen molar-refractivity contribution in [1.82, 2.24) is 0 Å². The highest BCUT2D eigenvalue weighted by atomic mass is 32.2. The number of benzene rings is 3. The van der Waals surface area contributed by atoms with Crippen LogP contribution >= 0.6 is 11.3 Å². The normalized spacial score (nSPS) is 11.6. The zero-order valence-corrected chi connectivity index (χ0v) is 16.5. The lowest BCUT2D eigenvalue weighted by Crippen LogP contribution is -2.14. The van der Waals surface area contributed by atoms with E-state index in [1.807, 2.05) is 0 Å². The summed E-state index contributed by atoms with van der Waals surface area (Å²) in [4.78, 5) is 11.2. The van der Waals surface area contributed by atoms with Crippen LogP contribution in [-0.4, -0.2) is 22.6 Å². The molecule has 28 heavy (non-hydrogen) atoms. The third-order valence-electron chi connectivity index (χ3n) is 4.24. The minimum Gasteiger partial charge on any atom is -0.497 e. The van der Waals surface area contributed by atoms with Crippen LogP contribution < -0.4 is 19.1 Å². The number of anilines is 1. The molecule has 0 radical (unpaired) electrons. The summed E-state index contributed by atoms with van der Waals surface area (Å²) >= 11 is 0.915. The molecule has 1 aromatic heterocycles. The first-order chi connectivity index (χ1) is 13.4. The Morgan fingerprint density at radius 2 is 1.75 bits per heavy atom. The van der Waals surface area contributed by atoms with Crippen molar-refractivity contribution in [3.05, 3.63) is 58.3 Å². The van der Waals surface area contributed by atoms with Crippen LogP contribution in [0.25, 0.3) is 21.1 Å². The Balaban J connectivity index is 1.91. The molecular weight excluding hydrogens is 402 g/mol. The number of hydrogen-bond donors (Lipinski definition) is 1. The number of methoxy groups -OCH3 is 2. The van der Waals surface area contributed by atoms with Crippen molar-refractivity contribution >= 4 is 48.1 Å². The molecule has 9 heteroatoms. The first-order valence-corrected chi connectivity index (χ1v) is 10.4. The molecule has 0 bridgehead atoms. The standard InChI is InChI=1S/C19H15NO6S2/c1-24-11-7-8-15(25-2)17(9-11)28(22,23)20-14-10-16-18(26-19(21)27-16)13-6-4-3-5-12(13)14/h3-10,20H,1-2H3. The topological polar surface area (TPSA) is 94.8 Å². The number of nitrogens with one attached hydrogen (secondary N) is 1. The summed E-state index contributed by atoms with van der Waals surface area (Å²) in [6, 6.07) is 13.2. The van der Waals surface area contributed by atoms with Gasteiger partial charge in [0, 0.05) is 16.8 Å². The molecule has 0 saturated carbocycles. The summed E-state index contributed by atoms with van der Waals surface area (Å²) in [6.07, 6.45) is 0. The smallest absolute Gasteiger partial charge is 0.396 e. The van der Waals surface area contributed by atoms with Crippen molar-refractivity contribution < 1.29 is 22.3 Å². The van der Waals surface area contributed by atoms with Gasteiger partial charge >= 0.3 is 4.94 Å². The van der Waals surface area contributed by atoms with E-state index in [0.717, 1.165) is 11.3 Å². The summed E-state index contributed by atoms with van der Waals surface area (Å²) in [5.74, 6) is 0.571. The van der Waals surface area contributed by atoms with E-state index in [2.05, 4.69) is 4.72 Å². The van der Waals surface area contributed by atoms with E-state index in [-0.39, 0.29) is 10.6 Å². The van der Waals surface area contributed by atoms with Gasteiger partial charge in [-0.3, -0.25) is 4.72 Å². The van der Waals surface area contributed by atoms with Gasteiger partial charge in [-0.15, -0.1) is 0 Å². The van der Waals surface area contributed by atoms with Gasteiger partial charge in [0.1, 0.15) is 16.4 Å². The van der Waals surface area contributed by atoms with Crippen LogP contribution in [0.3, 0.4) is 0 Å². The molecule has 0 spiro atoms. The van der Waals surface area contributed by atoms with Gasteiger partial charge in [0.15, 0.2) is 5.58 Å². The minimum atomic E-state index is -4.00. The zero-order chi connectivity index (χ0) is 19.9. The van der Waals surface area contributed by atoms with Crippen molar-refractivity contribution in [3.63, 3.8) is 0 Å². The molecule has 0 aliphatic carbocycles. The maximum absolute atomic E-state index is 13.1. The molecule has 144 valence electrons. The molecule has 0 amide bonds. The molecule has 7 nitrogen and oxygen atoms in total. The Hall–Kier alpha value is -3.04. The largest absolute Gasteiger partial charge is 0.497 e. The van der Waals surface area contributed by atoms with Crippen LogP contribution in [0.5, 0.6) is 11.5 Å². The fourth-order valence-electron chi connectivity index (χ4n) is 2.98. The van der Waals surface area contributed by atoms with E-state index >= 15 is 0 Å². The Morgan fingerprint density at radius 3 is 2.46 bits per heavy atom. The maximum Gasteiger partial charge on any atom is 0.396 e. The van der Waals surface area contributed by atoms with Crippen molar-refractivity contribution in [2.24, 2.45) is 0 Å². The lowest BCUT2D eigenvalue weighted by Gasteiger charge is -2.14. The third-order valence-corrected chi connectivity index (χ3v) is 6.40. The van der Waals surface area contributed by atoms with E-state index in [9.17, 15) is 13.2 Å². The van der Waals surface area contributed by atoms with Crippen LogP contribution in [0.1, 0.15) is 0 Å². The van der Waals surface area contributed by atoms with Crippen LogP contribution in [0.2, 0.25) is 0 Å². The monoisotopic (exact) mass is 417 g/mol. The van der Waals surface area contributed by atoms with Gasteiger partial charge in [0.25, 0.3) is 10.0 Å². The second-order valence-corrected chi connectivity index (χ2v) is 8.50. The molecule has 4 rings (SSSR count). The Morgan fingerprint density at radius 1 is 1.00 bits per heavy atom. The lowest BCUT2D eigenvalue weighted by atomic mass is 10.1. The highest BCUT2D eigenvalue weighted by Gasteiger charge is 2.22. The van der Waals surface area contributed by atoms with Gasteiger partial charge in [-0.05, 0) is 18.2 Å². The Bertz CT molecular complexity index is 1350. The van der Waals surface area contributed by atoms with Gasteiger partial charge in [0.05, 0.1) is 24.6 Å². The number of ether oxygens (including phenoxy) is 2. The van der Waals surface area contributed by atoms with Gasteiger partial charge in [-0.2, -0.15) is 0 Å². The second-order valence-electron chi connectivity index (χ2n) is 5.87. The molecule has 0 saturated heterocycles. The molecule has 1 heterocycles. The maximum atomic E-state index is 13.1. The summed E-state index contributed by atoms with van der Waals surface area (Å²) in [5, 5.41) is 1.26. The minimum absolute atomic E-state index is 0.0566. The quantitative estimate of drug-likeness (QED) is 0.530. The predicted octanol–water partition coefficient (Wildman–Crippen LogP) is 3.83. The average molecular weight is 417 g/mol. The van der Waals surface area contributed by atoms with Crippen molar-refractivity contribution in [3.8, 4) is 11.5 Å². The summed E-state index contributed by atoms with van der Waals surface area (Å²) in [7, 11) is -1.15. The fourth-order valence-corrected chi connectivity index (χ4v) is 4.96. The van der Waals surface area contributed by atoms with Gasteiger partial charge < -0.3 is 13.9 Å². The molecule has 0 fully saturated rings. The Labute approximate surface area is 164 Å². The summed E-state index contributed by atoms with van der Waals surface area (Å²) in [6.45, 7) is 0. The highest BCUT2D eigenvalue weighted by Crippen LogP contribution is 2.36. The van der Waals surface area contributed by atoms with E-state index < -0.39 is 15.0 Å². The van der Waals surface area contributed by atoms with E-state index in [1.54, 1.807) is 36.4 Å². The lowest BCUT2D eigenvalue weighted by molar-refractivity contribution is 0.392. The van der Waals surface area contributed by atoms with Crippen molar-refractivity contribution in [2.45, 2.75) is 4.90 Å². The highest BCUT2D eigenvalue weighted by molar-refractivity contribution is 7.92. The van der Waals surface area contributed by atoms with Gasteiger partial charge in [-0.25, -0.2) is 13.2 Å². The van der Waals surface area contributed by atoms with Crippen LogP contribution in [0.4, 0.5) is 5.69 Å². The molecule has 0 unspecified atom stereocenters. The predicted molar refractivity (Wildman–Crippen MR) is 108 cm³/mol. The second kappa shape index (κ2) is 6.84. The summed E-state index contributed by atoms with van der Waals surface area (Å²) in [5.41, 5.74) is 0.775. The number of hydrogen-bond acceptors (Lipinski definition) is 7. The molecule has 0 aliphatic rings. The zero-order valence-electron chi connectivity index (χ0n) is 14.9. The summed E-state index contributed by atoms with van der Waals surface area (Å²) < 4.78 is 45.0. The number of fused-ring (bicyclic) bond motifs is 3. The molecule has 0 atom stereocenters. The third kappa shape index (κ3) is 3.08. The molecule has 1 N–H and O–H groups in total. The van der Waals surface area contributed by atoms with Crippen LogP contribution in [-0.2, 0) is 10.0 Å². The molecule has 3 aromatic carbocycles. The Kier molecular flexibility index (Phi) is 4.48. The molecule has 0 aliphatic heterocycles. The van der Waals surface area contributed by atoms with Crippen molar-refractivity contribution in [2.75, 3.05) is 18.9 Å². The van der Waals surface area contributed by atoms with E-state index in [1.165, 1.54) is 26.4 Å². The van der Waals surface area contributed by atoms with Gasteiger partial charge in [0.2, 0.25) is 0 Å². The molecular formula is C19H15NO6S2. The van der Waals surface area contributed by atoms with Crippen LogP contribution in [0, 0.1) is 0 Å². The number of sulfonamides is 1. The molecule has 4 aromatic rings. The first kappa shape index (κ1) is 18.3.